The summed E-state index contributed by atoms with van der Waals surface area (Å²) in [5, 5.41) is 21.5. The molecule has 0 aliphatic carbocycles. The molecule has 1 aromatic rings. The Balaban J connectivity index is 2.79. The molecule has 0 saturated carbocycles. The van der Waals surface area contributed by atoms with E-state index in [-0.39, 0.29) is 6.42 Å². The van der Waals surface area contributed by atoms with Gasteiger partial charge in [-0.25, -0.2) is 4.79 Å². The van der Waals surface area contributed by atoms with Gasteiger partial charge in [0, 0.05) is 19.2 Å². The van der Waals surface area contributed by atoms with Crippen LogP contribution in [0.25, 0.3) is 0 Å². The fourth-order valence-electron chi connectivity index (χ4n) is 1.14. The number of aliphatic carboxylic acids is 1. The van der Waals surface area contributed by atoms with E-state index in [9.17, 15) is 4.79 Å². The lowest BCUT2D eigenvalue weighted by molar-refractivity contribution is -0.146. The van der Waals surface area contributed by atoms with Crippen molar-refractivity contribution >= 4 is 5.97 Å². The van der Waals surface area contributed by atoms with Crippen LogP contribution in [0.4, 0.5) is 0 Å². The monoisotopic (exact) mass is 184 g/mol. The summed E-state index contributed by atoms with van der Waals surface area (Å²) in [7, 11) is 1.72. The van der Waals surface area contributed by atoms with Crippen molar-refractivity contribution in [1.29, 1.82) is 0 Å². The van der Waals surface area contributed by atoms with E-state index in [2.05, 4.69) is 5.10 Å². The van der Waals surface area contributed by atoms with Gasteiger partial charge in [-0.2, -0.15) is 5.10 Å². The number of carboxylic acid groups (broad SMARTS) is 1. The molecule has 0 aromatic carbocycles. The lowest BCUT2D eigenvalue weighted by Gasteiger charge is -2.06. The summed E-state index contributed by atoms with van der Waals surface area (Å²) in [6.07, 6.45) is 0.385. The predicted octanol–water partition coefficient (Wildman–Crippen LogP) is -0.283. The summed E-state index contributed by atoms with van der Waals surface area (Å²) in [6, 6.07) is 0. The topological polar surface area (TPSA) is 75.3 Å². The standard InChI is InChI=1S/C8H12N2O3/c1-5-4-9-10(2)6(5)3-7(11)8(12)13/h4,7,11H,3H2,1-2H3,(H,12,13)/t7-/m0/s1. The third kappa shape index (κ3) is 2.06. The Bertz CT molecular complexity index is 300. The lowest BCUT2D eigenvalue weighted by Crippen LogP contribution is -2.23. The Labute approximate surface area is 75.6 Å². The summed E-state index contributed by atoms with van der Waals surface area (Å²) in [5.74, 6) is -1.21. The third-order valence-electron chi connectivity index (χ3n) is 1.94. The number of aliphatic hydroxyl groups is 1. The van der Waals surface area contributed by atoms with Gasteiger partial charge < -0.3 is 10.2 Å². The van der Waals surface area contributed by atoms with Gasteiger partial charge in [-0.1, -0.05) is 0 Å². The molecule has 0 bridgehead atoms. The van der Waals surface area contributed by atoms with Crippen molar-refractivity contribution in [1.82, 2.24) is 9.78 Å². The number of aromatic nitrogens is 2. The van der Waals surface area contributed by atoms with Gasteiger partial charge in [0.1, 0.15) is 0 Å². The van der Waals surface area contributed by atoms with E-state index in [0.717, 1.165) is 11.3 Å². The molecular weight excluding hydrogens is 172 g/mol. The van der Waals surface area contributed by atoms with Gasteiger partial charge in [0.15, 0.2) is 6.10 Å². The highest BCUT2D eigenvalue weighted by molar-refractivity contribution is 5.72. The molecule has 0 spiro atoms. The maximum atomic E-state index is 10.4. The Morgan fingerprint density at radius 1 is 1.77 bits per heavy atom. The molecule has 2 N–H and O–H groups in total. The molecule has 5 nitrogen and oxygen atoms in total. The Morgan fingerprint density at radius 2 is 2.38 bits per heavy atom. The Morgan fingerprint density at radius 3 is 2.77 bits per heavy atom. The quantitative estimate of drug-likeness (QED) is 0.677. The molecule has 1 rings (SSSR count). The van der Waals surface area contributed by atoms with Crippen molar-refractivity contribution in [2.45, 2.75) is 19.4 Å². The van der Waals surface area contributed by atoms with Crippen LogP contribution in [0.2, 0.25) is 0 Å². The van der Waals surface area contributed by atoms with E-state index >= 15 is 0 Å². The van der Waals surface area contributed by atoms with Crippen LogP contribution in [-0.4, -0.2) is 32.1 Å². The van der Waals surface area contributed by atoms with E-state index in [1.807, 2.05) is 6.92 Å². The second-order valence-electron chi connectivity index (χ2n) is 2.96. The summed E-state index contributed by atoms with van der Waals surface area (Å²) < 4.78 is 1.57. The van der Waals surface area contributed by atoms with Gasteiger partial charge in [-0.05, 0) is 12.5 Å². The van der Waals surface area contributed by atoms with Crippen LogP contribution >= 0.6 is 0 Å². The smallest absolute Gasteiger partial charge is 0.332 e. The molecule has 0 amide bonds. The first-order chi connectivity index (χ1) is 6.02. The number of aliphatic hydroxyl groups excluding tert-OH is 1. The van der Waals surface area contributed by atoms with E-state index in [1.54, 1.807) is 17.9 Å². The molecule has 5 heteroatoms. The molecule has 0 aliphatic heterocycles. The maximum Gasteiger partial charge on any atom is 0.332 e. The minimum atomic E-state index is -1.35. The van der Waals surface area contributed by atoms with Gasteiger partial charge in [0.25, 0.3) is 0 Å². The third-order valence-corrected chi connectivity index (χ3v) is 1.94. The summed E-state index contributed by atoms with van der Waals surface area (Å²) in [6.45, 7) is 1.83. The molecule has 1 aromatic heterocycles. The van der Waals surface area contributed by atoms with Gasteiger partial charge >= 0.3 is 5.97 Å². The molecule has 1 atom stereocenters. The molecule has 0 fully saturated rings. The largest absolute Gasteiger partial charge is 0.479 e. The number of aryl methyl sites for hydroxylation is 2. The Kier molecular flexibility index (Phi) is 2.67. The fraction of sp³-hybridized carbons (Fsp3) is 0.500. The van der Waals surface area contributed by atoms with Crippen molar-refractivity contribution < 1.29 is 15.0 Å². The van der Waals surface area contributed by atoms with Gasteiger partial charge in [-0.3, -0.25) is 4.68 Å². The minimum Gasteiger partial charge on any atom is -0.479 e. The zero-order chi connectivity index (χ0) is 10.0. The number of carboxylic acids is 1. The summed E-state index contributed by atoms with van der Waals surface area (Å²) in [4.78, 5) is 10.4. The number of nitrogens with zero attached hydrogens (tertiary/aromatic N) is 2. The first-order valence-electron chi connectivity index (χ1n) is 3.90. The second-order valence-corrected chi connectivity index (χ2v) is 2.96. The second kappa shape index (κ2) is 3.57. The SMILES string of the molecule is Cc1cnn(C)c1C[C@H](O)C(=O)O. The van der Waals surface area contributed by atoms with Crippen molar-refractivity contribution in [3.8, 4) is 0 Å². The van der Waals surface area contributed by atoms with Crippen LogP contribution in [0.1, 0.15) is 11.3 Å². The van der Waals surface area contributed by atoms with Crippen molar-refractivity contribution in [3.05, 3.63) is 17.5 Å². The fourth-order valence-corrected chi connectivity index (χ4v) is 1.14. The zero-order valence-corrected chi connectivity index (χ0v) is 7.56. The minimum absolute atomic E-state index is 0.0949. The molecule has 0 aliphatic rings. The van der Waals surface area contributed by atoms with Gasteiger partial charge in [0.05, 0.1) is 6.20 Å². The number of hydrogen-bond donors (Lipinski definition) is 2. The predicted molar refractivity (Wildman–Crippen MR) is 45.3 cm³/mol. The van der Waals surface area contributed by atoms with Gasteiger partial charge in [-0.15, -0.1) is 0 Å². The molecule has 0 saturated heterocycles. The first-order valence-corrected chi connectivity index (χ1v) is 3.90. The molecule has 1 heterocycles. The average molecular weight is 184 g/mol. The number of carbonyl (C=O) groups is 1. The van der Waals surface area contributed by atoms with E-state index < -0.39 is 12.1 Å². The average Bonchev–Trinajstić information content (AvgIpc) is 2.35. The molecule has 0 unspecified atom stereocenters. The molecule has 72 valence electrons. The summed E-state index contributed by atoms with van der Waals surface area (Å²) in [5.41, 5.74) is 1.64. The number of hydrogen-bond acceptors (Lipinski definition) is 3. The van der Waals surface area contributed by atoms with Crippen LogP contribution < -0.4 is 0 Å². The van der Waals surface area contributed by atoms with Crippen LogP contribution in [0.3, 0.4) is 0 Å². The molecular formula is C8H12N2O3. The van der Waals surface area contributed by atoms with Crippen LogP contribution in [0.5, 0.6) is 0 Å². The highest BCUT2D eigenvalue weighted by atomic mass is 16.4. The molecule has 0 radical (unpaired) electrons. The van der Waals surface area contributed by atoms with Crippen molar-refractivity contribution in [2.24, 2.45) is 7.05 Å². The maximum absolute atomic E-state index is 10.4. The Hall–Kier alpha value is -1.36. The normalized spacial score (nSPS) is 12.8. The first kappa shape index (κ1) is 9.73. The van der Waals surface area contributed by atoms with Crippen molar-refractivity contribution in [3.63, 3.8) is 0 Å². The molecule has 13 heavy (non-hydrogen) atoms. The highest BCUT2D eigenvalue weighted by Gasteiger charge is 2.17. The van der Waals surface area contributed by atoms with Crippen LogP contribution in [0, 0.1) is 6.92 Å². The van der Waals surface area contributed by atoms with Crippen molar-refractivity contribution in [2.75, 3.05) is 0 Å². The zero-order valence-electron chi connectivity index (χ0n) is 7.56. The highest BCUT2D eigenvalue weighted by Crippen LogP contribution is 2.08. The van der Waals surface area contributed by atoms with E-state index in [1.165, 1.54) is 0 Å². The van der Waals surface area contributed by atoms with E-state index in [4.69, 9.17) is 10.2 Å². The van der Waals surface area contributed by atoms with Gasteiger partial charge in [0.2, 0.25) is 0 Å². The summed E-state index contributed by atoms with van der Waals surface area (Å²) >= 11 is 0. The lowest BCUT2D eigenvalue weighted by atomic mass is 10.1. The van der Waals surface area contributed by atoms with Crippen LogP contribution in [0.15, 0.2) is 6.20 Å². The van der Waals surface area contributed by atoms with E-state index in [0.29, 0.717) is 0 Å². The number of rotatable bonds is 3. The van der Waals surface area contributed by atoms with Crippen LogP contribution in [-0.2, 0) is 18.3 Å².